The van der Waals surface area contributed by atoms with Gasteiger partial charge in [0.15, 0.2) is 0 Å². The van der Waals surface area contributed by atoms with Gasteiger partial charge in [-0.2, -0.15) is 0 Å². The Morgan fingerprint density at radius 3 is 2.34 bits per heavy atom. The second kappa shape index (κ2) is 8.80. The lowest BCUT2D eigenvalue weighted by Gasteiger charge is -2.09. The summed E-state index contributed by atoms with van der Waals surface area (Å²) in [6.45, 7) is -0.625. The van der Waals surface area contributed by atoms with Crippen LogP contribution in [-0.2, 0) is 9.59 Å². The van der Waals surface area contributed by atoms with E-state index in [-0.39, 0.29) is 29.4 Å². The van der Waals surface area contributed by atoms with Crippen LogP contribution >= 0.6 is 23.2 Å². The van der Waals surface area contributed by atoms with Crippen LogP contribution in [-0.4, -0.2) is 40.8 Å². The van der Waals surface area contributed by atoms with Gasteiger partial charge in [-0.1, -0.05) is 23.2 Å². The molecule has 5 N–H and O–H groups in total. The molecule has 3 amide bonds. The van der Waals surface area contributed by atoms with Gasteiger partial charge in [-0.25, -0.2) is 4.79 Å². The maximum atomic E-state index is 12.0. The van der Waals surface area contributed by atoms with Crippen molar-refractivity contribution < 1.29 is 14.4 Å². The Balaban J connectivity index is 1.46. The zero-order chi connectivity index (χ0) is 21.0. The van der Waals surface area contributed by atoms with E-state index in [0.29, 0.717) is 21.7 Å². The van der Waals surface area contributed by atoms with Crippen molar-refractivity contribution in [2.24, 2.45) is 0 Å². The number of benzene rings is 2. The minimum absolute atomic E-state index is 0.163. The number of aromatic amines is 2. The van der Waals surface area contributed by atoms with Gasteiger partial charge in [0.05, 0.1) is 34.7 Å². The number of amides is 3. The molecule has 1 aromatic heterocycles. The predicted octanol–water partition coefficient (Wildman–Crippen LogP) is 1.65. The number of carbonyl (C=O) groups excluding carboxylic acids is 3. The third kappa shape index (κ3) is 5.37. The Hall–Kier alpha value is -3.30. The monoisotopic (exact) mass is 435 g/mol. The summed E-state index contributed by atoms with van der Waals surface area (Å²) in [5, 5.41) is 7.94. The van der Waals surface area contributed by atoms with Crippen molar-refractivity contribution in [2.45, 2.75) is 0 Å². The van der Waals surface area contributed by atoms with Gasteiger partial charge in [0.2, 0.25) is 11.8 Å². The molecule has 0 atom stereocenters. The van der Waals surface area contributed by atoms with Crippen LogP contribution in [0.25, 0.3) is 11.0 Å². The fourth-order valence-corrected chi connectivity index (χ4v) is 2.98. The molecular formula is C18H15Cl2N5O4. The lowest BCUT2D eigenvalue weighted by molar-refractivity contribution is -0.123. The zero-order valence-corrected chi connectivity index (χ0v) is 16.3. The summed E-state index contributed by atoms with van der Waals surface area (Å²) in [6, 6.07) is 9.21. The highest BCUT2D eigenvalue weighted by atomic mass is 35.5. The Labute approximate surface area is 173 Å². The molecule has 1 heterocycles. The van der Waals surface area contributed by atoms with Crippen molar-refractivity contribution in [2.75, 3.05) is 18.4 Å². The van der Waals surface area contributed by atoms with Crippen molar-refractivity contribution >= 4 is 57.6 Å². The number of imidazole rings is 1. The number of carbonyl (C=O) groups is 3. The fraction of sp³-hybridized carbons (Fsp3) is 0.111. The number of hydrogen-bond donors (Lipinski definition) is 5. The largest absolute Gasteiger partial charge is 0.345 e. The van der Waals surface area contributed by atoms with Gasteiger partial charge in [-0.05, 0) is 36.4 Å². The van der Waals surface area contributed by atoms with Crippen molar-refractivity contribution in [3.05, 3.63) is 62.5 Å². The topological polar surface area (TPSA) is 136 Å². The molecular weight excluding hydrogens is 421 g/mol. The van der Waals surface area contributed by atoms with E-state index in [1.807, 2.05) is 0 Å². The zero-order valence-electron chi connectivity index (χ0n) is 14.8. The summed E-state index contributed by atoms with van der Waals surface area (Å²) >= 11 is 11.7. The summed E-state index contributed by atoms with van der Waals surface area (Å²) in [6.07, 6.45) is 0. The first-order chi connectivity index (χ1) is 13.8. The minimum atomic E-state index is -0.552. The molecule has 2 aromatic carbocycles. The van der Waals surface area contributed by atoms with Crippen LogP contribution in [0.4, 0.5) is 5.69 Å². The third-order valence-electron chi connectivity index (χ3n) is 3.83. The Kier molecular flexibility index (Phi) is 6.20. The van der Waals surface area contributed by atoms with E-state index < -0.39 is 17.7 Å². The molecule has 9 nitrogen and oxygen atoms in total. The molecule has 0 bridgehead atoms. The van der Waals surface area contributed by atoms with E-state index in [1.54, 1.807) is 18.2 Å². The van der Waals surface area contributed by atoms with Crippen LogP contribution < -0.4 is 21.6 Å². The van der Waals surface area contributed by atoms with Crippen molar-refractivity contribution in [1.29, 1.82) is 0 Å². The first-order valence-electron chi connectivity index (χ1n) is 8.33. The molecule has 0 aliphatic heterocycles. The van der Waals surface area contributed by atoms with Crippen molar-refractivity contribution in [1.82, 2.24) is 20.6 Å². The van der Waals surface area contributed by atoms with E-state index in [4.69, 9.17) is 23.2 Å². The summed E-state index contributed by atoms with van der Waals surface area (Å²) in [7, 11) is 0. The summed E-state index contributed by atoms with van der Waals surface area (Å²) in [5.41, 5.74) is 1.44. The summed E-state index contributed by atoms with van der Waals surface area (Å²) < 4.78 is 0. The van der Waals surface area contributed by atoms with Gasteiger partial charge in [-0.3, -0.25) is 14.4 Å². The molecule has 29 heavy (non-hydrogen) atoms. The van der Waals surface area contributed by atoms with Crippen LogP contribution in [0.15, 0.2) is 41.2 Å². The summed E-state index contributed by atoms with van der Waals surface area (Å²) in [5.74, 6) is -1.56. The standard InChI is InChI=1S/C18H15Cl2N5O4/c19-9-1-3-11(12(20)5-9)17(28)22-7-15(26)21-8-16(27)23-10-2-4-13-14(6-10)25-18(29)24-13/h1-6H,7-8H2,(H,21,26)(H,22,28)(H,23,27)(H2,24,25,29). The molecule has 0 unspecified atom stereocenters. The molecule has 3 rings (SSSR count). The number of hydrogen-bond acceptors (Lipinski definition) is 4. The number of fused-ring (bicyclic) bond motifs is 1. The number of rotatable bonds is 6. The Morgan fingerprint density at radius 2 is 1.59 bits per heavy atom. The molecule has 0 saturated heterocycles. The first kappa shape index (κ1) is 20.4. The van der Waals surface area contributed by atoms with Gasteiger partial charge in [0, 0.05) is 10.7 Å². The summed E-state index contributed by atoms with van der Waals surface area (Å²) in [4.78, 5) is 52.3. The fourth-order valence-electron chi connectivity index (χ4n) is 2.49. The second-order valence-corrected chi connectivity index (χ2v) is 6.81. The van der Waals surface area contributed by atoms with Crippen LogP contribution in [0.5, 0.6) is 0 Å². The van der Waals surface area contributed by atoms with E-state index in [1.165, 1.54) is 18.2 Å². The highest BCUT2D eigenvalue weighted by Crippen LogP contribution is 2.20. The lowest BCUT2D eigenvalue weighted by Crippen LogP contribution is -2.40. The third-order valence-corrected chi connectivity index (χ3v) is 4.38. The molecule has 0 aliphatic rings. The van der Waals surface area contributed by atoms with Gasteiger partial charge in [0.25, 0.3) is 5.91 Å². The normalized spacial score (nSPS) is 10.6. The Morgan fingerprint density at radius 1 is 0.862 bits per heavy atom. The van der Waals surface area contributed by atoms with Gasteiger partial charge in [-0.15, -0.1) is 0 Å². The highest BCUT2D eigenvalue weighted by molar-refractivity contribution is 6.36. The first-order valence-corrected chi connectivity index (χ1v) is 9.09. The van der Waals surface area contributed by atoms with Crippen molar-refractivity contribution in [3.8, 4) is 0 Å². The maximum absolute atomic E-state index is 12.0. The van der Waals surface area contributed by atoms with Gasteiger partial charge in [0.1, 0.15) is 0 Å². The molecule has 0 spiro atoms. The van der Waals surface area contributed by atoms with Crippen molar-refractivity contribution in [3.63, 3.8) is 0 Å². The number of aromatic nitrogens is 2. The van der Waals surface area contributed by atoms with Crippen LogP contribution in [0, 0.1) is 0 Å². The van der Waals surface area contributed by atoms with E-state index in [0.717, 1.165) is 0 Å². The van der Waals surface area contributed by atoms with E-state index >= 15 is 0 Å². The molecule has 150 valence electrons. The van der Waals surface area contributed by atoms with Crippen LogP contribution in [0.3, 0.4) is 0 Å². The average Bonchev–Trinajstić information content (AvgIpc) is 3.03. The minimum Gasteiger partial charge on any atom is -0.345 e. The molecule has 0 radical (unpaired) electrons. The lowest BCUT2D eigenvalue weighted by atomic mass is 10.2. The Bertz CT molecular complexity index is 1150. The van der Waals surface area contributed by atoms with Crippen LogP contribution in [0.2, 0.25) is 10.0 Å². The molecule has 0 aliphatic carbocycles. The molecule has 11 heteroatoms. The van der Waals surface area contributed by atoms with Crippen LogP contribution in [0.1, 0.15) is 10.4 Å². The maximum Gasteiger partial charge on any atom is 0.323 e. The number of anilines is 1. The van der Waals surface area contributed by atoms with E-state index in [2.05, 4.69) is 25.9 Å². The van der Waals surface area contributed by atoms with Gasteiger partial charge < -0.3 is 25.9 Å². The van der Waals surface area contributed by atoms with Gasteiger partial charge >= 0.3 is 5.69 Å². The second-order valence-electron chi connectivity index (χ2n) is 5.97. The van der Waals surface area contributed by atoms with E-state index in [9.17, 15) is 19.2 Å². The number of halogens is 2. The smallest absolute Gasteiger partial charge is 0.323 e. The highest BCUT2D eigenvalue weighted by Gasteiger charge is 2.13. The number of H-pyrrole nitrogens is 2. The molecule has 0 saturated carbocycles. The molecule has 0 fully saturated rings. The number of nitrogens with one attached hydrogen (secondary N) is 5. The average molecular weight is 436 g/mol. The predicted molar refractivity (Wildman–Crippen MR) is 109 cm³/mol. The SMILES string of the molecule is O=C(CNC(=O)c1ccc(Cl)cc1Cl)NCC(=O)Nc1ccc2[nH]c(=O)[nH]c2c1. The quantitative estimate of drug-likeness (QED) is 0.402. The molecule has 3 aromatic rings.